The van der Waals surface area contributed by atoms with Crippen LogP contribution in [0.25, 0.3) is 0 Å². The first-order valence-corrected chi connectivity index (χ1v) is 8.32. The van der Waals surface area contributed by atoms with E-state index in [1.165, 1.54) is 6.92 Å². The number of aliphatic hydroxyl groups is 1. The molecule has 0 radical (unpaired) electrons. The van der Waals surface area contributed by atoms with Crippen LogP contribution in [0.1, 0.15) is 51.0 Å². The van der Waals surface area contributed by atoms with Gasteiger partial charge in [-0.2, -0.15) is 0 Å². The summed E-state index contributed by atoms with van der Waals surface area (Å²) in [5.41, 5.74) is 0.848. The van der Waals surface area contributed by atoms with E-state index in [0.29, 0.717) is 6.54 Å². The second kappa shape index (κ2) is 8.11. The van der Waals surface area contributed by atoms with Gasteiger partial charge in [0.15, 0.2) is 0 Å². The van der Waals surface area contributed by atoms with Gasteiger partial charge in [-0.1, -0.05) is 37.8 Å². The van der Waals surface area contributed by atoms with Crippen LogP contribution < -0.4 is 10.6 Å². The van der Waals surface area contributed by atoms with Crippen molar-refractivity contribution in [3.8, 4) is 0 Å². The summed E-state index contributed by atoms with van der Waals surface area (Å²) in [5, 5.41) is 16.1. The Morgan fingerprint density at radius 1 is 1.09 bits per heavy atom. The molecule has 0 heterocycles. The smallest absolute Gasteiger partial charge is 0.224 e. The number of amides is 2. The molecule has 23 heavy (non-hydrogen) atoms. The molecule has 2 amide bonds. The van der Waals surface area contributed by atoms with Crippen molar-refractivity contribution in [1.82, 2.24) is 5.32 Å². The van der Waals surface area contributed by atoms with Gasteiger partial charge < -0.3 is 15.7 Å². The summed E-state index contributed by atoms with van der Waals surface area (Å²) >= 11 is 0. The van der Waals surface area contributed by atoms with Gasteiger partial charge in [0.05, 0.1) is 12.0 Å². The van der Waals surface area contributed by atoms with Gasteiger partial charge in [0.1, 0.15) is 0 Å². The van der Waals surface area contributed by atoms with Gasteiger partial charge in [-0.05, 0) is 30.5 Å². The van der Waals surface area contributed by atoms with E-state index in [-0.39, 0.29) is 18.2 Å². The predicted molar refractivity (Wildman–Crippen MR) is 90.1 cm³/mol. The Labute approximate surface area is 137 Å². The first kappa shape index (κ1) is 17.5. The summed E-state index contributed by atoms with van der Waals surface area (Å²) in [7, 11) is 0. The van der Waals surface area contributed by atoms with Gasteiger partial charge in [0, 0.05) is 19.2 Å². The van der Waals surface area contributed by atoms with E-state index in [2.05, 4.69) is 10.6 Å². The Kier molecular flexibility index (Phi) is 6.16. The summed E-state index contributed by atoms with van der Waals surface area (Å²) in [6.07, 6.45) is 6.18. The molecular formula is C18H26N2O3. The molecule has 0 aromatic heterocycles. The molecule has 5 nitrogen and oxygen atoms in total. The Morgan fingerprint density at radius 2 is 1.70 bits per heavy atom. The highest BCUT2D eigenvalue weighted by Gasteiger charge is 2.28. The standard InChI is InChI=1S/C18H26N2O3/c1-14(21)20-16-8-6-15(7-9-16)12-17(22)19-13-18(23)10-4-2-3-5-11-18/h6-9,23H,2-5,10-13H2,1H3,(H,19,22)(H,20,21). The third-order valence-corrected chi connectivity index (χ3v) is 4.29. The van der Waals surface area contributed by atoms with Gasteiger partial charge in [0.25, 0.3) is 0 Å². The fourth-order valence-electron chi connectivity index (χ4n) is 2.98. The number of benzene rings is 1. The molecule has 5 heteroatoms. The van der Waals surface area contributed by atoms with E-state index < -0.39 is 5.60 Å². The van der Waals surface area contributed by atoms with Crippen molar-refractivity contribution in [2.24, 2.45) is 0 Å². The largest absolute Gasteiger partial charge is 0.388 e. The van der Waals surface area contributed by atoms with Gasteiger partial charge in [-0.3, -0.25) is 9.59 Å². The Hall–Kier alpha value is -1.88. The average Bonchev–Trinajstić information content (AvgIpc) is 2.72. The Morgan fingerprint density at radius 3 is 2.26 bits per heavy atom. The molecule has 2 rings (SSSR count). The first-order valence-electron chi connectivity index (χ1n) is 8.32. The number of rotatable bonds is 5. The maximum Gasteiger partial charge on any atom is 0.224 e. The number of hydrogen-bond acceptors (Lipinski definition) is 3. The molecule has 1 aromatic carbocycles. The molecule has 126 valence electrons. The molecule has 1 aliphatic rings. The van der Waals surface area contributed by atoms with Crippen LogP contribution in [0.5, 0.6) is 0 Å². The molecule has 1 aliphatic carbocycles. The highest BCUT2D eigenvalue weighted by Crippen LogP contribution is 2.26. The summed E-state index contributed by atoms with van der Waals surface area (Å²) in [6, 6.07) is 7.21. The van der Waals surface area contributed by atoms with Crippen LogP contribution in [-0.4, -0.2) is 29.1 Å². The molecule has 0 saturated heterocycles. The molecule has 0 bridgehead atoms. The van der Waals surface area contributed by atoms with Crippen molar-refractivity contribution in [1.29, 1.82) is 0 Å². The number of anilines is 1. The van der Waals surface area contributed by atoms with E-state index in [9.17, 15) is 14.7 Å². The molecule has 0 aliphatic heterocycles. The van der Waals surface area contributed by atoms with Gasteiger partial charge in [-0.25, -0.2) is 0 Å². The zero-order chi connectivity index (χ0) is 16.7. The van der Waals surface area contributed by atoms with Crippen LogP contribution >= 0.6 is 0 Å². The predicted octanol–water partition coefficient (Wildman–Crippen LogP) is 2.39. The summed E-state index contributed by atoms with van der Waals surface area (Å²) in [4.78, 5) is 23.0. The lowest BCUT2D eigenvalue weighted by Gasteiger charge is -2.26. The van der Waals surface area contributed by atoms with Crippen LogP contribution in [0.3, 0.4) is 0 Å². The quantitative estimate of drug-likeness (QED) is 0.729. The van der Waals surface area contributed by atoms with Crippen LogP contribution in [0.2, 0.25) is 0 Å². The maximum atomic E-state index is 12.1. The minimum atomic E-state index is -0.749. The second-order valence-corrected chi connectivity index (χ2v) is 6.47. The fraction of sp³-hybridized carbons (Fsp3) is 0.556. The highest BCUT2D eigenvalue weighted by atomic mass is 16.3. The SMILES string of the molecule is CC(=O)Nc1ccc(CC(=O)NCC2(O)CCCCCC2)cc1. The summed E-state index contributed by atoms with van der Waals surface area (Å²) < 4.78 is 0. The average molecular weight is 318 g/mol. The summed E-state index contributed by atoms with van der Waals surface area (Å²) in [6.45, 7) is 1.79. The highest BCUT2D eigenvalue weighted by molar-refractivity contribution is 5.88. The van der Waals surface area contributed by atoms with Gasteiger partial charge in [0.2, 0.25) is 11.8 Å². The van der Waals surface area contributed by atoms with Crippen molar-refractivity contribution in [3.05, 3.63) is 29.8 Å². The van der Waals surface area contributed by atoms with Crippen molar-refractivity contribution >= 4 is 17.5 Å². The van der Waals surface area contributed by atoms with E-state index in [4.69, 9.17) is 0 Å². The lowest BCUT2D eigenvalue weighted by Crippen LogP contribution is -2.43. The zero-order valence-electron chi connectivity index (χ0n) is 13.7. The normalized spacial score (nSPS) is 17.1. The molecule has 0 unspecified atom stereocenters. The monoisotopic (exact) mass is 318 g/mol. The van der Waals surface area contributed by atoms with E-state index >= 15 is 0 Å². The van der Waals surface area contributed by atoms with Crippen LogP contribution in [0.4, 0.5) is 5.69 Å². The van der Waals surface area contributed by atoms with Crippen molar-refractivity contribution in [2.45, 2.75) is 57.5 Å². The van der Waals surface area contributed by atoms with Gasteiger partial charge in [-0.15, -0.1) is 0 Å². The lowest BCUT2D eigenvalue weighted by molar-refractivity contribution is -0.122. The molecule has 0 spiro atoms. The third-order valence-electron chi connectivity index (χ3n) is 4.29. The van der Waals surface area contributed by atoms with E-state index in [1.807, 2.05) is 12.1 Å². The molecule has 1 aromatic rings. The van der Waals surface area contributed by atoms with Crippen LogP contribution in [0.15, 0.2) is 24.3 Å². The Balaban J connectivity index is 1.81. The molecular weight excluding hydrogens is 292 g/mol. The third kappa shape index (κ3) is 6.02. The van der Waals surface area contributed by atoms with Crippen molar-refractivity contribution in [2.75, 3.05) is 11.9 Å². The van der Waals surface area contributed by atoms with E-state index in [1.54, 1.807) is 12.1 Å². The maximum absolute atomic E-state index is 12.1. The zero-order valence-corrected chi connectivity index (χ0v) is 13.7. The number of carbonyl (C=O) groups excluding carboxylic acids is 2. The fourth-order valence-corrected chi connectivity index (χ4v) is 2.98. The van der Waals surface area contributed by atoms with Crippen LogP contribution in [0, 0.1) is 0 Å². The van der Waals surface area contributed by atoms with Gasteiger partial charge >= 0.3 is 0 Å². The first-order chi connectivity index (χ1) is 11.0. The molecule has 3 N–H and O–H groups in total. The number of carbonyl (C=O) groups is 2. The molecule has 1 saturated carbocycles. The van der Waals surface area contributed by atoms with E-state index in [0.717, 1.165) is 49.8 Å². The van der Waals surface area contributed by atoms with Crippen molar-refractivity contribution in [3.63, 3.8) is 0 Å². The minimum absolute atomic E-state index is 0.0880. The number of hydrogen-bond donors (Lipinski definition) is 3. The topological polar surface area (TPSA) is 78.4 Å². The number of nitrogens with one attached hydrogen (secondary N) is 2. The lowest BCUT2D eigenvalue weighted by atomic mass is 9.94. The second-order valence-electron chi connectivity index (χ2n) is 6.47. The molecule has 0 atom stereocenters. The molecule has 1 fully saturated rings. The van der Waals surface area contributed by atoms with Crippen molar-refractivity contribution < 1.29 is 14.7 Å². The Bertz CT molecular complexity index is 532. The van der Waals surface area contributed by atoms with Crippen LogP contribution in [-0.2, 0) is 16.0 Å². The summed E-state index contributed by atoms with van der Waals surface area (Å²) in [5.74, 6) is -0.206. The minimum Gasteiger partial charge on any atom is -0.388 e.